The van der Waals surface area contributed by atoms with E-state index in [0.717, 1.165) is 11.3 Å². The zero-order valence-corrected chi connectivity index (χ0v) is 14.5. The Morgan fingerprint density at radius 3 is 2.29 bits per heavy atom. The maximum absolute atomic E-state index is 12.2. The molecular weight excluding hydrogens is 306 g/mol. The van der Waals surface area contributed by atoms with Gasteiger partial charge in [0.2, 0.25) is 0 Å². The van der Waals surface area contributed by atoms with E-state index in [2.05, 4.69) is 5.32 Å². The SMILES string of the molecule is COc1ccc(C(=O)NCc2ccc(OC(C)C)c(OC)c2)cc1. The summed E-state index contributed by atoms with van der Waals surface area (Å²) in [5.74, 6) is 1.92. The minimum atomic E-state index is -0.140. The first-order chi connectivity index (χ1) is 11.5. The topological polar surface area (TPSA) is 56.8 Å². The molecule has 2 rings (SSSR count). The lowest BCUT2D eigenvalue weighted by Gasteiger charge is -2.14. The predicted octanol–water partition coefficient (Wildman–Crippen LogP) is 3.42. The fourth-order valence-electron chi connectivity index (χ4n) is 2.20. The molecule has 0 aliphatic rings. The highest BCUT2D eigenvalue weighted by Gasteiger charge is 2.09. The summed E-state index contributed by atoms with van der Waals surface area (Å²) >= 11 is 0. The van der Waals surface area contributed by atoms with Crippen LogP contribution in [-0.2, 0) is 6.54 Å². The van der Waals surface area contributed by atoms with Crippen molar-refractivity contribution in [3.05, 3.63) is 53.6 Å². The third-order valence-corrected chi connectivity index (χ3v) is 3.40. The summed E-state index contributed by atoms with van der Waals surface area (Å²) in [6, 6.07) is 12.6. The molecule has 5 nitrogen and oxygen atoms in total. The van der Waals surface area contributed by atoms with Crippen molar-refractivity contribution in [3.63, 3.8) is 0 Å². The second-order valence-electron chi connectivity index (χ2n) is 5.56. The average Bonchev–Trinajstić information content (AvgIpc) is 2.60. The molecule has 5 heteroatoms. The quantitative estimate of drug-likeness (QED) is 0.845. The Balaban J connectivity index is 2.01. The molecule has 0 heterocycles. The highest BCUT2D eigenvalue weighted by atomic mass is 16.5. The number of methoxy groups -OCH3 is 2. The number of hydrogen-bond donors (Lipinski definition) is 1. The number of ether oxygens (including phenoxy) is 3. The van der Waals surface area contributed by atoms with Crippen LogP contribution >= 0.6 is 0 Å². The molecule has 2 aromatic carbocycles. The van der Waals surface area contributed by atoms with E-state index in [0.29, 0.717) is 23.6 Å². The van der Waals surface area contributed by atoms with Gasteiger partial charge < -0.3 is 19.5 Å². The van der Waals surface area contributed by atoms with Crippen LogP contribution in [0.2, 0.25) is 0 Å². The number of hydrogen-bond acceptors (Lipinski definition) is 4. The molecule has 0 spiro atoms. The van der Waals surface area contributed by atoms with Crippen molar-refractivity contribution in [2.24, 2.45) is 0 Å². The van der Waals surface area contributed by atoms with Gasteiger partial charge in [0.25, 0.3) is 5.91 Å². The lowest BCUT2D eigenvalue weighted by Crippen LogP contribution is -2.22. The molecule has 0 aromatic heterocycles. The third-order valence-electron chi connectivity index (χ3n) is 3.40. The van der Waals surface area contributed by atoms with Crippen LogP contribution in [0.15, 0.2) is 42.5 Å². The van der Waals surface area contributed by atoms with Gasteiger partial charge in [-0.25, -0.2) is 0 Å². The Kier molecular flexibility index (Phi) is 6.07. The molecule has 2 aromatic rings. The van der Waals surface area contributed by atoms with Gasteiger partial charge in [0.15, 0.2) is 11.5 Å². The van der Waals surface area contributed by atoms with E-state index in [1.807, 2.05) is 32.0 Å². The smallest absolute Gasteiger partial charge is 0.251 e. The van der Waals surface area contributed by atoms with Crippen LogP contribution < -0.4 is 19.5 Å². The monoisotopic (exact) mass is 329 g/mol. The standard InChI is InChI=1S/C19H23NO4/c1-13(2)24-17-10-5-14(11-18(17)23-4)12-20-19(21)15-6-8-16(22-3)9-7-15/h5-11,13H,12H2,1-4H3,(H,20,21). The van der Waals surface area contributed by atoms with E-state index in [1.165, 1.54) is 0 Å². The van der Waals surface area contributed by atoms with Gasteiger partial charge in [-0.05, 0) is 55.8 Å². The third kappa shape index (κ3) is 4.65. The molecule has 0 radical (unpaired) electrons. The van der Waals surface area contributed by atoms with Crippen LogP contribution in [-0.4, -0.2) is 26.2 Å². The maximum Gasteiger partial charge on any atom is 0.251 e. The highest BCUT2D eigenvalue weighted by Crippen LogP contribution is 2.29. The molecule has 0 unspecified atom stereocenters. The molecule has 0 bridgehead atoms. The van der Waals surface area contributed by atoms with Gasteiger partial charge in [0.05, 0.1) is 20.3 Å². The second kappa shape index (κ2) is 8.24. The largest absolute Gasteiger partial charge is 0.497 e. The zero-order chi connectivity index (χ0) is 17.5. The Morgan fingerprint density at radius 2 is 1.71 bits per heavy atom. The summed E-state index contributed by atoms with van der Waals surface area (Å²) < 4.78 is 16.1. The summed E-state index contributed by atoms with van der Waals surface area (Å²) in [5.41, 5.74) is 1.52. The highest BCUT2D eigenvalue weighted by molar-refractivity contribution is 5.94. The lowest BCUT2D eigenvalue weighted by molar-refractivity contribution is 0.0951. The summed E-state index contributed by atoms with van der Waals surface area (Å²) in [6.45, 7) is 4.33. The fraction of sp³-hybridized carbons (Fsp3) is 0.316. The number of nitrogens with one attached hydrogen (secondary N) is 1. The van der Waals surface area contributed by atoms with Crippen molar-refractivity contribution >= 4 is 5.91 Å². The van der Waals surface area contributed by atoms with Gasteiger partial charge in [-0.1, -0.05) is 6.07 Å². The Hall–Kier alpha value is -2.69. The summed E-state index contributed by atoms with van der Waals surface area (Å²) in [5, 5.41) is 2.89. The molecule has 0 aliphatic carbocycles. The number of carbonyl (C=O) groups is 1. The van der Waals surface area contributed by atoms with Crippen molar-refractivity contribution in [1.29, 1.82) is 0 Å². The van der Waals surface area contributed by atoms with Crippen LogP contribution in [0.3, 0.4) is 0 Å². The second-order valence-corrected chi connectivity index (χ2v) is 5.56. The number of benzene rings is 2. The van der Waals surface area contributed by atoms with E-state index >= 15 is 0 Å². The Morgan fingerprint density at radius 1 is 1.00 bits per heavy atom. The number of rotatable bonds is 7. The lowest BCUT2D eigenvalue weighted by atomic mass is 10.1. The van der Waals surface area contributed by atoms with Gasteiger partial charge in [-0.15, -0.1) is 0 Å². The predicted molar refractivity (Wildman–Crippen MR) is 92.9 cm³/mol. The maximum atomic E-state index is 12.2. The van der Waals surface area contributed by atoms with Crippen LogP contribution in [0.5, 0.6) is 17.2 Å². The summed E-state index contributed by atoms with van der Waals surface area (Å²) in [7, 11) is 3.19. The van der Waals surface area contributed by atoms with E-state index in [1.54, 1.807) is 38.5 Å². The minimum Gasteiger partial charge on any atom is -0.497 e. The molecule has 0 aliphatic heterocycles. The van der Waals surface area contributed by atoms with Crippen LogP contribution in [0, 0.1) is 0 Å². The van der Waals surface area contributed by atoms with E-state index in [9.17, 15) is 4.79 Å². The van der Waals surface area contributed by atoms with Crippen molar-refractivity contribution in [3.8, 4) is 17.2 Å². The molecular formula is C19H23NO4. The summed E-state index contributed by atoms with van der Waals surface area (Å²) in [6.07, 6.45) is 0.0690. The Bertz CT molecular complexity index is 680. The number of amides is 1. The van der Waals surface area contributed by atoms with Crippen LogP contribution in [0.4, 0.5) is 0 Å². The molecule has 1 amide bonds. The zero-order valence-electron chi connectivity index (χ0n) is 14.5. The first-order valence-electron chi connectivity index (χ1n) is 7.79. The average molecular weight is 329 g/mol. The first kappa shape index (κ1) is 17.7. The molecule has 0 atom stereocenters. The summed E-state index contributed by atoms with van der Waals surface area (Å²) in [4.78, 5) is 12.2. The molecule has 1 N–H and O–H groups in total. The van der Waals surface area contributed by atoms with E-state index in [-0.39, 0.29) is 12.0 Å². The minimum absolute atomic E-state index is 0.0690. The fourth-order valence-corrected chi connectivity index (χ4v) is 2.20. The number of carbonyl (C=O) groups excluding carboxylic acids is 1. The van der Waals surface area contributed by atoms with Crippen LogP contribution in [0.25, 0.3) is 0 Å². The van der Waals surface area contributed by atoms with Gasteiger partial charge in [-0.2, -0.15) is 0 Å². The van der Waals surface area contributed by atoms with Crippen molar-refractivity contribution in [1.82, 2.24) is 5.32 Å². The van der Waals surface area contributed by atoms with Gasteiger partial charge >= 0.3 is 0 Å². The van der Waals surface area contributed by atoms with Crippen molar-refractivity contribution in [2.45, 2.75) is 26.5 Å². The van der Waals surface area contributed by atoms with Crippen molar-refractivity contribution < 1.29 is 19.0 Å². The first-order valence-corrected chi connectivity index (χ1v) is 7.79. The van der Waals surface area contributed by atoms with Crippen LogP contribution in [0.1, 0.15) is 29.8 Å². The van der Waals surface area contributed by atoms with Gasteiger partial charge in [0, 0.05) is 12.1 Å². The molecule has 0 saturated heterocycles. The van der Waals surface area contributed by atoms with Gasteiger partial charge in [0.1, 0.15) is 5.75 Å². The molecule has 0 saturated carbocycles. The molecule has 128 valence electrons. The molecule has 0 fully saturated rings. The molecule has 24 heavy (non-hydrogen) atoms. The normalized spacial score (nSPS) is 10.4. The van der Waals surface area contributed by atoms with Gasteiger partial charge in [-0.3, -0.25) is 4.79 Å². The van der Waals surface area contributed by atoms with E-state index < -0.39 is 0 Å². The Labute approximate surface area is 142 Å². The van der Waals surface area contributed by atoms with Crippen molar-refractivity contribution in [2.75, 3.05) is 14.2 Å². The van der Waals surface area contributed by atoms with E-state index in [4.69, 9.17) is 14.2 Å².